The van der Waals surface area contributed by atoms with Crippen molar-refractivity contribution in [1.82, 2.24) is 10.2 Å². The minimum absolute atomic E-state index is 0.192. The molecule has 1 aliphatic rings. The molecule has 1 fully saturated rings. The minimum atomic E-state index is -0.522. The van der Waals surface area contributed by atoms with Crippen molar-refractivity contribution in [2.24, 2.45) is 11.7 Å². The van der Waals surface area contributed by atoms with Crippen LogP contribution >= 0.6 is 0 Å². The maximum atomic E-state index is 11.9. The lowest BCUT2D eigenvalue weighted by Gasteiger charge is -2.38. The van der Waals surface area contributed by atoms with E-state index in [1.807, 2.05) is 6.92 Å². The summed E-state index contributed by atoms with van der Waals surface area (Å²) in [7, 11) is 2.09. The first-order valence-electron chi connectivity index (χ1n) is 7.23. The molecule has 4 heteroatoms. The topological polar surface area (TPSA) is 58.4 Å². The second kappa shape index (κ2) is 6.53. The molecule has 1 rings (SSSR count). The van der Waals surface area contributed by atoms with Gasteiger partial charge < -0.3 is 16.0 Å². The van der Waals surface area contributed by atoms with E-state index in [-0.39, 0.29) is 5.91 Å². The Kier molecular flexibility index (Phi) is 5.60. The Labute approximate surface area is 111 Å². The summed E-state index contributed by atoms with van der Waals surface area (Å²) in [6.07, 6.45) is 4.56. The molecule has 18 heavy (non-hydrogen) atoms. The van der Waals surface area contributed by atoms with E-state index in [9.17, 15) is 4.79 Å². The van der Waals surface area contributed by atoms with Gasteiger partial charge in [0.1, 0.15) is 5.54 Å². The number of hydrogen-bond acceptors (Lipinski definition) is 3. The Morgan fingerprint density at radius 1 is 1.50 bits per heavy atom. The summed E-state index contributed by atoms with van der Waals surface area (Å²) < 4.78 is 0. The van der Waals surface area contributed by atoms with Crippen molar-refractivity contribution in [2.45, 2.75) is 58.0 Å². The van der Waals surface area contributed by atoms with Crippen molar-refractivity contribution in [1.29, 1.82) is 0 Å². The predicted octanol–water partition coefficient (Wildman–Crippen LogP) is 1.35. The van der Waals surface area contributed by atoms with Gasteiger partial charge in [-0.3, -0.25) is 4.79 Å². The summed E-state index contributed by atoms with van der Waals surface area (Å²) in [5, 5.41) is 3.37. The molecule has 4 nitrogen and oxygen atoms in total. The number of likely N-dealkylation sites (N-methyl/N-ethyl adjacent to an activating group) is 2. The highest BCUT2D eigenvalue weighted by Crippen LogP contribution is 2.40. The summed E-state index contributed by atoms with van der Waals surface area (Å²) in [6.45, 7) is 7.96. The molecule has 0 bridgehead atoms. The lowest BCUT2D eigenvalue weighted by molar-refractivity contribution is -0.126. The summed E-state index contributed by atoms with van der Waals surface area (Å²) in [5.41, 5.74) is 5.17. The monoisotopic (exact) mass is 255 g/mol. The number of primary amides is 1. The third-order valence-corrected chi connectivity index (χ3v) is 4.16. The van der Waals surface area contributed by atoms with E-state index in [1.165, 1.54) is 6.42 Å². The zero-order valence-corrected chi connectivity index (χ0v) is 12.3. The van der Waals surface area contributed by atoms with Gasteiger partial charge in [-0.2, -0.15) is 0 Å². The second-order valence-electron chi connectivity index (χ2n) is 5.69. The smallest absolute Gasteiger partial charge is 0.239 e. The molecule has 0 saturated heterocycles. The van der Waals surface area contributed by atoms with E-state index in [1.54, 1.807) is 0 Å². The van der Waals surface area contributed by atoms with Crippen molar-refractivity contribution < 1.29 is 4.79 Å². The average molecular weight is 255 g/mol. The van der Waals surface area contributed by atoms with Crippen LogP contribution < -0.4 is 11.1 Å². The van der Waals surface area contributed by atoms with Crippen molar-refractivity contribution in [3.63, 3.8) is 0 Å². The molecule has 2 atom stereocenters. The molecule has 0 aromatic heterocycles. The van der Waals surface area contributed by atoms with Crippen LogP contribution in [0.15, 0.2) is 0 Å². The minimum Gasteiger partial charge on any atom is -0.368 e. The Morgan fingerprint density at radius 3 is 2.50 bits per heavy atom. The van der Waals surface area contributed by atoms with Crippen LogP contribution in [0.25, 0.3) is 0 Å². The molecule has 1 saturated carbocycles. The number of amides is 1. The molecule has 0 heterocycles. The molecule has 1 amide bonds. The quantitative estimate of drug-likeness (QED) is 0.654. The molecule has 3 N–H and O–H groups in total. The largest absolute Gasteiger partial charge is 0.368 e. The molecule has 1 aliphatic carbocycles. The van der Waals surface area contributed by atoms with Gasteiger partial charge in [-0.15, -0.1) is 0 Å². The predicted molar refractivity (Wildman–Crippen MR) is 75.3 cm³/mol. The first-order chi connectivity index (χ1) is 8.47. The Bertz CT molecular complexity index is 278. The van der Waals surface area contributed by atoms with Gasteiger partial charge in [-0.1, -0.05) is 20.3 Å². The van der Waals surface area contributed by atoms with Crippen LogP contribution in [-0.4, -0.2) is 42.5 Å². The zero-order valence-electron chi connectivity index (χ0n) is 12.3. The molecule has 106 valence electrons. The normalized spacial score (nSPS) is 20.7. The van der Waals surface area contributed by atoms with Crippen LogP contribution in [0.3, 0.4) is 0 Å². The standard InChI is InChI=1S/C14H29N3O/c1-5-7-11(3)17(4)10-14(13(15)18,16-6-2)12-8-9-12/h11-12,16H,5-10H2,1-4H3,(H2,15,18). The summed E-state index contributed by atoms with van der Waals surface area (Å²) in [5.74, 6) is 0.230. The van der Waals surface area contributed by atoms with Gasteiger partial charge >= 0.3 is 0 Å². The van der Waals surface area contributed by atoms with Crippen LogP contribution in [0.2, 0.25) is 0 Å². The lowest BCUT2D eigenvalue weighted by Crippen LogP contribution is -2.63. The summed E-state index contributed by atoms with van der Waals surface area (Å²) in [6, 6.07) is 0.492. The van der Waals surface area contributed by atoms with Crippen molar-refractivity contribution in [3.05, 3.63) is 0 Å². The third kappa shape index (κ3) is 3.45. The Hall–Kier alpha value is -0.610. The second-order valence-corrected chi connectivity index (χ2v) is 5.69. The fourth-order valence-electron chi connectivity index (χ4n) is 2.77. The average Bonchev–Trinajstić information content (AvgIpc) is 3.12. The molecular weight excluding hydrogens is 226 g/mol. The molecule has 0 aromatic rings. The highest BCUT2D eigenvalue weighted by atomic mass is 16.1. The molecular formula is C14H29N3O. The number of carbonyl (C=O) groups excluding carboxylic acids is 1. The van der Waals surface area contributed by atoms with Gasteiger partial charge in [0.25, 0.3) is 0 Å². The Morgan fingerprint density at radius 2 is 2.11 bits per heavy atom. The van der Waals surface area contributed by atoms with E-state index in [0.717, 1.165) is 32.4 Å². The first-order valence-corrected chi connectivity index (χ1v) is 7.23. The van der Waals surface area contributed by atoms with Crippen LogP contribution in [-0.2, 0) is 4.79 Å². The van der Waals surface area contributed by atoms with Gasteiger partial charge in [0.2, 0.25) is 5.91 Å². The van der Waals surface area contributed by atoms with Gasteiger partial charge in [0, 0.05) is 12.6 Å². The highest BCUT2D eigenvalue weighted by Gasteiger charge is 2.50. The molecule has 0 radical (unpaired) electrons. The molecule has 2 unspecified atom stereocenters. The number of hydrogen-bond donors (Lipinski definition) is 2. The van der Waals surface area contributed by atoms with E-state index < -0.39 is 5.54 Å². The van der Waals surface area contributed by atoms with Crippen molar-refractivity contribution in [2.75, 3.05) is 20.1 Å². The SMILES string of the molecule is CCCC(C)N(C)CC(NCC)(C(N)=O)C1CC1. The number of carbonyl (C=O) groups is 1. The lowest BCUT2D eigenvalue weighted by atomic mass is 9.90. The van der Waals surface area contributed by atoms with Gasteiger partial charge in [-0.05, 0) is 45.7 Å². The van der Waals surface area contributed by atoms with Gasteiger partial charge in [0.15, 0.2) is 0 Å². The van der Waals surface area contributed by atoms with Crippen LogP contribution in [0.5, 0.6) is 0 Å². The molecule has 0 aliphatic heterocycles. The van der Waals surface area contributed by atoms with E-state index in [2.05, 4.69) is 31.1 Å². The summed E-state index contributed by atoms with van der Waals surface area (Å²) >= 11 is 0. The van der Waals surface area contributed by atoms with Gasteiger partial charge in [0.05, 0.1) is 0 Å². The molecule has 0 aromatic carbocycles. The maximum Gasteiger partial charge on any atom is 0.239 e. The van der Waals surface area contributed by atoms with E-state index in [4.69, 9.17) is 5.73 Å². The van der Waals surface area contributed by atoms with E-state index >= 15 is 0 Å². The van der Waals surface area contributed by atoms with Crippen molar-refractivity contribution in [3.8, 4) is 0 Å². The summed E-state index contributed by atoms with van der Waals surface area (Å²) in [4.78, 5) is 14.2. The van der Waals surface area contributed by atoms with Gasteiger partial charge in [-0.25, -0.2) is 0 Å². The Balaban J connectivity index is 2.74. The first kappa shape index (κ1) is 15.4. The number of nitrogens with zero attached hydrogens (tertiary/aromatic N) is 1. The maximum absolute atomic E-state index is 11.9. The third-order valence-electron chi connectivity index (χ3n) is 4.16. The van der Waals surface area contributed by atoms with Crippen LogP contribution in [0.4, 0.5) is 0 Å². The highest BCUT2D eigenvalue weighted by molar-refractivity contribution is 5.86. The van der Waals surface area contributed by atoms with Crippen LogP contribution in [0, 0.1) is 5.92 Å². The number of nitrogens with one attached hydrogen (secondary N) is 1. The number of nitrogens with two attached hydrogens (primary N) is 1. The fourth-order valence-corrected chi connectivity index (χ4v) is 2.77. The van der Waals surface area contributed by atoms with Crippen molar-refractivity contribution >= 4 is 5.91 Å². The molecule has 0 spiro atoms. The van der Waals surface area contributed by atoms with E-state index in [0.29, 0.717) is 12.0 Å². The fraction of sp³-hybridized carbons (Fsp3) is 0.929. The number of rotatable bonds is 9. The zero-order chi connectivity index (χ0) is 13.8. The van der Waals surface area contributed by atoms with Crippen LogP contribution in [0.1, 0.15) is 46.5 Å².